The van der Waals surface area contributed by atoms with Gasteiger partial charge in [-0.1, -0.05) is 0 Å². The van der Waals surface area contributed by atoms with E-state index in [1.54, 1.807) is 19.2 Å². The quantitative estimate of drug-likeness (QED) is 0.892. The van der Waals surface area contributed by atoms with E-state index in [0.717, 1.165) is 10.7 Å². The summed E-state index contributed by atoms with van der Waals surface area (Å²) >= 11 is 1.43. The van der Waals surface area contributed by atoms with Crippen LogP contribution in [0, 0.1) is 6.92 Å². The molecule has 0 aromatic carbocycles. The lowest BCUT2D eigenvalue weighted by Gasteiger charge is -2.08. The second-order valence-electron chi connectivity index (χ2n) is 3.51. The van der Waals surface area contributed by atoms with Crippen molar-refractivity contribution >= 4 is 17.3 Å². The van der Waals surface area contributed by atoms with E-state index in [9.17, 15) is 9.59 Å². The largest absolute Gasteiger partial charge is 0.477 e. The molecule has 0 amide bonds. The number of pyridine rings is 1. The van der Waals surface area contributed by atoms with E-state index in [1.807, 2.05) is 5.38 Å². The highest BCUT2D eigenvalue weighted by molar-refractivity contribution is 7.09. The fourth-order valence-electron chi connectivity index (χ4n) is 1.50. The zero-order valence-corrected chi connectivity index (χ0v) is 9.90. The molecule has 0 aliphatic heterocycles. The summed E-state index contributed by atoms with van der Waals surface area (Å²) in [7, 11) is 0. The third-order valence-electron chi connectivity index (χ3n) is 2.40. The van der Waals surface area contributed by atoms with Gasteiger partial charge in [0.2, 0.25) is 0 Å². The molecule has 2 rings (SSSR count). The number of aromatic nitrogens is 2. The fraction of sp³-hybridized carbons (Fsp3) is 0.182. The van der Waals surface area contributed by atoms with Crippen LogP contribution in [0.4, 0.5) is 0 Å². The van der Waals surface area contributed by atoms with Crippen LogP contribution in [-0.4, -0.2) is 20.6 Å². The topological polar surface area (TPSA) is 72.2 Å². The minimum atomic E-state index is -1.21. The normalized spacial score (nSPS) is 10.4. The van der Waals surface area contributed by atoms with Gasteiger partial charge in [-0.25, -0.2) is 9.78 Å². The monoisotopic (exact) mass is 250 g/mol. The van der Waals surface area contributed by atoms with E-state index in [0.29, 0.717) is 6.54 Å². The number of hydrogen-bond donors (Lipinski definition) is 1. The Hall–Kier alpha value is -1.95. The van der Waals surface area contributed by atoms with Gasteiger partial charge in [0.1, 0.15) is 10.6 Å². The van der Waals surface area contributed by atoms with Gasteiger partial charge < -0.3 is 9.67 Å². The number of carboxylic acids is 1. The summed E-state index contributed by atoms with van der Waals surface area (Å²) in [5, 5.41) is 11.5. The number of aryl methyl sites for hydroxylation is 1. The Morgan fingerprint density at radius 1 is 1.53 bits per heavy atom. The molecule has 0 aliphatic rings. The van der Waals surface area contributed by atoms with Crippen molar-refractivity contribution in [2.45, 2.75) is 13.5 Å². The Kier molecular flexibility index (Phi) is 3.06. The van der Waals surface area contributed by atoms with Gasteiger partial charge in [-0.05, 0) is 19.1 Å². The molecule has 1 N–H and O–H groups in total. The molecule has 0 atom stereocenters. The minimum absolute atomic E-state index is 0.216. The van der Waals surface area contributed by atoms with Crippen molar-refractivity contribution in [3.63, 3.8) is 0 Å². The second-order valence-corrected chi connectivity index (χ2v) is 4.49. The highest BCUT2D eigenvalue weighted by Crippen LogP contribution is 2.07. The van der Waals surface area contributed by atoms with Crippen molar-refractivity contribution in [3.05, 3.63) is 50.3 Å². The maximum absolute atomic E-state index is 11.9. The average molecular weight is 250 g/mol. The van der Waals surface area contributed by atoms with E-state index in [2.05, 4.69) is 4.98 Å². The second kappa shape index (κ2) is 4.50. The van der Waals surface area contributed by atoms with Gasteiger partial charge in [0.15, 0.2) is 0 Å². The Bertz CT molecular complexity index is 602. The summed E-state index contributed by atoms with van der Waals surface area (Å²) < 4.78 is 1.42. The van der Waals surface area contributed by atoms with Gasteiger partial charge in [0.25, 0.3) is 5.56 Å². The Balaban J connectivity index is 2.49. The number of carbonyl (C=O) groups is 1. The molecule has 2 aromatic heterocycles. The third kappa shape index (κ3) is 2.26. The predicted molar refractivity (Wildman–Crippen MR) is 63.6 cm³/mol. The van der Waals surface area contributed by atoms with Crippen LogP contribution in [0.1, 0.15) is 21.1 Å². The van der Waals surface area contributed by atoms with E-state index >= 15 is 0 Å². The van der Waals surface area contributed by atoms with Crippen LogP contribution in [0.25, 0.3) is 0 Å². The lowest BCUT2D eigenvalue weighted by Crippen LogP contribution is -2.28. The first-order chi connectivity index (χ1) is 8.09. The number of nitrogens with zero attached hydrogens (tertiary/aromatic N) is 2. The van der Waals surface area contributed by atoms with E-state index in [1.165, 1.54) is 22.0 Å². The van der Waals surface area contributed by atoms with Crippen LogP contribution < -0.4 is 5.56 Å². The summed E-state index contributed by atoms with van der Waals surface area (Å²) in [6.07, 6.45) is 1.65. The van der Waals surface area contributed by atoms with Crippen molar-refractivity contribution in [1.29, 1.82) is 0 Å². The molecule has 0 saturated heterocycles. The first-order valence-electron chi connectivity index (χ1n) is 4.91. The maximum Gasteiger partial charge on any atom is 0.341 e. The van der Waals surface area contributed by atoms with Crippen LogP contribution in [0.3, 0.4) is 0 Å². The summed E-state index contributed by atoms with van der Waals surface area (Å²) in [5.41, 5.74) is 0.00931. The SMILES string of the molecule is Cc1ccc(C(=O)O)c(=O)n1Cc1nccs1. The van der Waals surface area contributed by atoms with Crippen LogP contribution in [-0.2, 0) is 6.54 Å². The number of hydrogen-bond acceptors (Lipinski definition) is 4. The van der Waals surface area contributed by atoms with Crippen LogP contribution >= 0.6 is 11.3 Å². The molecule has 6 heteroatoms. The molecular weight excluding hydrogens is 240 g/mol. The average Bonchev–Trinajstić information content (AvgIpc) is 2.76. The summed E-state index contributed by atoms with van der Waals surface area (Å²) in [6.45, 7) is 2.07. The number of rotatable bonds is 3. The van der Waals surface area contributed by atoms with Crippen molar-refractivity contribution in [2.24, 2.45) is 0 Å². The van der Waals surface area contributed by atoms with Crippen LogP contribution in [0.5, 0.6) is 0 Å². The molecule has 0 unspecified atom stereocenters. The first-order valence-corrected chi connectivity index (χ1v) is 5.79. The molecule has 2 heterocycles. The molecule has 17 heavy (non-hydrogen) atoms. The zero-order valence-electron chi connectivity index (χ0n) is 9.08. The van der Waals surface area contributed by atoms with Crippen molar-refractivity contribution < 1.29 is 9.90 Å². The van der Waals surface area contributed by atoms with Crippen LogP contribution in [0.2, 0.25) is 0 Å². The van der Waals surface area contributed by atoms with E-state index in [4.69, 9.17) is 5.11 Å². The Labute approximate surface area is 101 Å². The summed E-state index contributed by atoms with van der Waals surface area (Å²) in [6, 6.07) is 2.96. The lowest BCUT2D eigenvalue weighted by molar-refractivity contribution is 0.0694. The molecule has 2 aromatic rings. The van der Waals surface area contributed by atoms with Crippen molar-refractivity contribution in [3.8, 4) is 0 Å². The third-order valence-corrected chi connectivity index (χ3v) is 3.16. The minimum Gasteiger partial charge on any atom is -0.477 e. The van der Waals surface area contributed by atoms with Gasteiger partial charge in [0, 0.05) is 17.3 Å². The Morgan fingerprint density at radius 3 is 2.88 bits per heavy atom. The van der Waals surface area contributed by atoms with Gasteiger partial charge >= 0.3 is 5.97 Å². The summed E-state index contributed by atoms with van der Waals surface area (Å²) in [5.74, 6) is -1.21. The molecule has 0 bridgehead atoms. The van der Waals surface area contributed by atoms with Crippen molar-refractivity contribution in [2.75, 3.05) is 0 Å². The zero-order chi connectivity index (χ0) is 12.4. The van der Waals surface area contributed by atoms with Gasteiger partial charge in [0.05, 0.1) is 6.54 Å². The summed E-state index contributed by atoms with van der Waals surface area (Å²) in [4.78, 5) is 26.9. The van der Waals surface area contributed by atoms with Gasteiger partial charge in [-0.3, -0.25) is 4.79 Å². The number of aromatic carboxylic acids is 1. The van der Waals surface area contributed by atoms with E-state index in [-0.39, 0.29) is 5.56 Å². The Morgan fingerprint density at radius 2 is 2.29 bits per heavy atom. The van der Waals surface area contributed by atoms with Gasteiger partial charge in [-0.15, -0.1) is 11.3 Å². The molecule has 0 radical (unpaired) electrons. The fourth-order valence-corrected chi connectivity index (χ4v) is 2.10. The molecule has 5 nitrogen and oxygen atoms in total. The first kappa shape index (κ1) is 11.5. The van der Waals surface area contributed by atoms with Gasteiger partial charge in [-0.2, -0.15) is 0 Å². The van der Waals surface area contributed by atoms with E-state index < -0.39 is 11.5 Å². The highest BCUT2D eigenvalue weighted by atomic mass is 32.1. The molecular formula is C11H10N2O3S. The number of thiazole rings is 1. The molecule has 0 saturated carbocycles. The molecule has 0 aliphatic carbocycles. The standard InChI is InChI=1S/C11H10N2O3S/c1-7-2-3-8(11(15)16)10(14)13(7)6-9-12-4-5-17-9/h2-5H,6H2,1H3,(H,15,16). The molecule has 0 spiro atoms. The molecule has 88 valence electrons. The highest BCUT2D eigenvalue weighted by Gasteiger charge is 2.12. The van der Waals surface area contributed by atoms with Crippen LogP contribution in [0.15, 0.2) is 28.5 Å². The smallest absolute Gasteiger partial charge is 0.341 e. The van der Waals surface area contributed by atoms with Crippen molar-refractivity contribution in [1.82, 2.24) is 9.55 Å². The lowest BCUT2D eigenvalue weighted by atomic mass is 10.2. The number of carboxylic acid groups (broad SMARTS) is 1. The predicted octanol–water partition coefficient (Wildman–Crippen LogP) is 1.36. The maximum atomic E-state index is 11.9. The molecule has 0 fully saturated rings.